The van der Waals surface area contributed by atoms with Crippen molar-refractivity contribution in [1.29, 1.82) is 0 Å². The van der Waals surface area contributed by atoms with Gasteiger partial charge in [0.15, 0.2) is 5.71 Å². The number of hydrogen-bond acceptors (Lipinski definition) is 9. The number of hydrogen-bond donors (Lipinski definition) is 0. The van der Waals surface area contributed by atoms with Crippen LogP contribution in [0.1, 0.15) is 99.5 Å². The first-order valence-electron chi connectivity index (χ1n) is 29.6. The highest BCUT2D eigenvalue weighted by atomic mass is 19.4. The molecule has 97 heavy (non-hydrogen) atoms. The number of pyridine rings is 1. The van der Waals surface area contributed by atoms with E-state index in [0.29, 0.717) is 67.0 Å². The molecule has 0 amide bonds. The minimum atomic E-state index is -5.43. The Hall–Kier alpha value is -10.3. The Kier molecular flexibility index (Phi) is 17.1. The predicted octanol–water partition coefficient (Wildman–Crippen LogP) is 17.1. The number of benzene rings is 7. The number of ether oxygens (including phenoxy) is 3. The minimum Gasteiger partial charge on any atom is -0.487 e. The monoisotopic (exact) mass is 1350 g/mol. The molecule has 1 aliphatic heterocycles. The summed E-state index contributed by atoms with van der Waals surface area (Å²) in [4.78, 5) is 71.2. The van der Waals surface area contributed by atoms with Gasteiger partial charge in [-0.15, -0.1) is 0 Å². The van der Waals surface area contributed by atoms with E-state index in [1.807, 2.05) is 0 Å². The fourth-order valence-corrected chi connectivity index (χ4v) is 13.0. The number of aryl methyl sites for hydroxylation is 2. The molecular formula is C70H51BF14N3O9. The van der Waals surface area contributed by atoms with Gasteiger partial charge in [-0.05, 0) is 178 Å². The van der Waals surface area contributed by atoms with Crippen molar-refractivity contribution in [1.82, 2.24) is 9.05 Å². The number of allylic oxidation sites excluding steroid dienone is 1. The number of para-hydroxylation sites is 1. The largest absolute Gasteiger partial charge is 0.487 e. The first-order chi connectivity index (χ1) is 45.4. The lowest BCUT2D eigenvalue weighted by atomic mass is 9.86. The lowest BCUT2D eigenvalue weighted by molar-refractivity contribution is -0.435. The van der Waals surface area contributed by atoms with Crippen molar-refractivity contribution < 1.29 is 98.9 Å². The molecule has 501 valence electrons. The zero-order valence-electron chi connectivity index (χ0n) is 52.4. The third-order valence-electron chi connectivity index (χ3n) is 17.2. The van der Waals surface area contributed by atoms with Gasteiger partial charge in [-0.1, -0.05) is 30.3 Å². The first-order valence-corrected chi connectivity index (χ1v) is 29.6. The van der Waals surface area contributed by atoms with Gasteiger partial charge < -0.3 is 31.7 Å². The van der Waals surface area contributed by atoms with Crippen LogP contribution >= 0.6 is 0 Å². The van der Waals surface area contributed by atoms with E-state index in [1.165, 1.54) is 74.5 Å². The third kappa shape index (κ3) is 11.9. The van der Waals surface area contributed by atoms with Crippen LogP contribution in [0.2, 0.25) is 0 Å². The molecule has 1 aliphatic rings. The van der Waals surface area contributed by atoms with Gasteiger partial charge in [-0.25, -0.2) is 14.2 Å². The molecule has 11 rings (SSSR count). The summed E-state index contributed by atoms with van der Waals surface area (Å²) in [6.07, 6.45) is -22.2. The number of halogens is 14. The van der Waals surface area contributed by atoms with Crippen molar-refractivity contribution in [3.8, 4) is 33.7 Å². The highest BCUT2D eigenvalue weighted by Gasteiger charge is 2.43. The second kappa shape index (κ2) is 24.4. The number of aromatic nitrogens is 2. The fourth-order valence-electron chi connectivity index (χ4n) is 13.0. The van der Waals surface area contributed by atoms with E-state index in [-0.39, 0.29) is 97.7 Å². The molecule has 0 unspecified atom stereocenters. The van der Waals surface area contributed by atoms with Crippen molar-refractivity contribution in [2.24, 2.45) is 0 Å². The van der Waals surface area contributed by atoms with E-state index in [0.717, 1.165) is 12.1 Å². The van der Waals surface area contributed by atoms with Gasteiger partial charge in [0.2, 0.25) is 5.70 Å². The number of nitrogens with zero attached hydrogens (tertiary/aromatic N) is 3. The predicted molar refractivity (Wildman–Crippen MR) is 333 cm³/mol. The molecule has 7 aromatic carbocycles. The average Bonchev–Trinajstić information content (AvgIpc) is 1.33. The van der Waals surface area contributed by atoms with E-state index in [1.54, 1.807) is 53.2 Å². The molecule has 0 spiro atoms. The van der Waals surface area contributed by atoms with Gasteiger partial charge in [-0.3, -0.25) is 14.4 Å². The van der Waals surface area contributed by atoms with Gasteiger partial charge >= 0.3 is 50.0 Å². The molecule has 4 heterocycles. The van der Waals surface area contributed by atoms with Crippen LogP contribution in [0.4, 0.5) is 61.3 Å². The molecule has 3 aromatic heterocycles. The number of carbonyl (C=O) groups is 3. The second-order valence-electron chi connectivity index (χ2n) is 23.2. The quantitative estimate of drug-likeness (QED) is 0.0210. The van der Waals surface area contributed by atoms with E-state index >= 15 is 18.2 Å². The fraction of sp³-hybridized carbons (Fsp3) is 0.229. The number of carbonyl (C=O) groups excluding carboxylic acids is 3. The summed E-state index contributed by atoms with van der Waals surface area (Å²) in [7, 11) is -1.58. The molecule has 0 saturated heterocycles. The van der Waals surface area contributed by atoms with Crippen LogP contribution in [0.25, 0.3) is 77.0 Å². The Bertz CT molecular complexity index is 5120. The number of esters is 3. The van der Waals surface area contributed by atoms with Crippen LogP contribution in [0, 0.1) is 27.7 Å². The molecule has 0 fully saturated rings. The summed E-state index contributed by atoms with van der Waals surface area (Å²) < 4.78 is 232. The summed E-state index contributed by atoms with van der Waals surface area (Å²) in [5.74, 6) is -2.47. The van der Waals surface area contributed by atoms with Crippen molar-refractivity contribution in [3.63, 3.8) is 0 Å². The van der Waals surface area contributed by atoms with Crippen molar-refractivity contribution in [3.05, 3.63) is 214 Å². The SMILES string of the molecule is CCOC(=O)C1=C(C)/C(=C(\c2c(C)cc(OC(=O)Cc3ccc(-n4c(=O)c5cc(-c6cc(C(F)(F)F)cc(C(F)(F)F)c6)c6oc7ccccc7c7c(-c8cc(C(F)(F)F)cc(C(F)(F)F)c8)cc(c4=O)c5c67)cc3)cc2C)c2c(C)c(C(=O)OCC)c(C)n2[B-](F)F)[N+](C)=C1C. The molecule has 1 radical (unpaired) electrons. The van der Waals surface area contributed by atoms with Crippen LogP contribution in [0.15, 0.2) is 140 Å². The topological polar surface area (TPSA) is 139 Å². The molecular weight excluding hydrogens is 1300 g/mol. The Morgan fingerprint density at radius 3 is 1.58 bits per heavy atom. The highest BCUT2D eigenvalue weighted by molar-refractivity contribution is 6.42. The molecule has 12 nitrogen and oxygen atoms in total. The maximum Gasteiger partial charge on any atom is 0.416 e. The van der Waals surface area contributed by atoms with Crippen molar-refractivity contribution >= 4 is 80.1 Å². The Labute approximate surface area is 540 Å². The van der Waals surface area contributed by atoms with Gasteiger partial charge in [0.25, 0.3) is 11.1 Å². The molecule has 10 aromatic rings. The zero-order valence-corrected chi connectivity index (χ0v) is 52.4. The van der Waals surface area contributed by atoms with E-state index in [2.05, 4.69) is 0 Å². The summed E-state index contributed by atoms with van der Waals surface area (Å²) in [5.41, 5.74) is -11.2. The van der Waals surface area contributed by atoms with Crippen LogP contribution < -0.4 is 15.9 Å². The smallest absolute Gasteiger partial charge is 0.416 e. The molecule has 0 aliphatic carbocycles. The van der Waals surface area contributed by atoms with E-state index in [9.17, 15) is 67.1 Å². The standard InChI is InChI=1S/C70H51BF14N3O9/c1-10-94-65(92)54-33(5)60(86(9)35(54)7)59(61-34(6)55(66(93)95-11-2)36(8)88(61)71(84)85)53-31(3)20-45(21-32(53)4)96-52(89)22-37-16-18-44(19-17-37)87-63(90)49-29-47(38-23-40(67(72,73)74)27-41(24-38)68(75,76)77)56-46-14-12-13-15-51(46)97-62-48(30-50(64(87)91)57(49)58(56)62)39-25-42(69(78,79)80)28-43(26-39)70(81,82)83/h12-21,23-30H,10-11,22H2,1-9H3. The average molecular weight is 1350 g/mol. The Morgan fingerprint density at radius 1 is 0.577 bits per heavy atom. The normalized spacial score (nSPS) is 14.0. The lowest BCUT2D eigenvalue weighted by Gasteiger charge is -2.25. The number of likely N-dealkylation sites (N-methyl/N-ethyl adjacent to an activating group) is 1. The Morgan fingerprint density at radius 2 is 1.07 bits per heavy atom. The van der Waals surface area contributed by atoms with Crippen LogP contribution in [-0.2, 0) is 50.2 Å². The van der Waals surface area contributed by atoms with Gasteiger partial charge in [0.1, 0.15) is 29.5 Å². The first kappa shape index (κ1) is 68.1. The maximum absolute atomic E-state index is 15.5. The summed E-state index contributed by atoms with van der Waals surface area (Å²) in [5, 5.41) is -2.35. The van der Waals surface area contributed by atoms with Crippen molar-refractivity contribution in [2.75, 3.05) is 20.3 Å². The maximum atomic E-state index is 15.5. The minimum absolute atomic E-state index is 0.0218. The van der Waals surface area contributed by atoms with E-state index in [4.69, 9.17) is 18.6 Å². The molecule has 0 saturated carbocycles. The highest BCUT2D eigenvalue weighted by Crippen LogP contribution is 2.50. The van der Waals surface area contributed by atoms with Crippen LogP contribution in [0.5, 0.6) is 5.75 Å². The molecule has 0 bridgehead atoms. The van der Waals surface area contributed by atoms with Gasteiger partial charge in [-0.2, -0.15) is 57.3 Å². The number of fused-ring (bicyclic) bond motifs is 2. The summed E-state index contributed by atoms with van der Waals surface area (Å²) in [6.45, 7) is 12.5. The summed E-state index contributed by atoms with van der Waals surface area (Å²) in [6, 6.07) is 16.0. The van der Waals surface area contributed by atoms with Crippen molar-refractivity contribution in [2.45, 2.75) is 86.5 Å². The van der Waals surface area contributed by atoms with Gasteiger partial charge in [0.05, 0.1) is 58.7 Å². The second-order valence-corrected chi connectivity index (χ2v) is 23.2. The summed E-state index contributed by atoms with van der Waals surface area (Å²) >= 11 is 0. The number of alkyl halides is 12. The lowest BCUT2D eigenvalue weighted by Crippen LogP contribution is -2.32. The third-order valence-corrected chi connectivity index (χ3v) is 17.2. The van der Waals surface area contributed by atoms with E-state index < -0.39 is 134 Å². The zero-order chi connectivity index (χ0) is 70.8. The molecule has 27 heteroatoms. The molecule has 0 N–H and O–H groups in total. The van der Waals surface area contributed by atoms with Crippen LogP contribution in [0.3, 0.4) is 0 Å². The number of rotatable bonds is 13. The van der Waals surface area contributed by atoms with Crippen LogP contribution in [-0.4, -0.2) is 64.9 Å². The molecule has 0 atom stereocenters. The van der Waals surface area contributed by atoms with Gasteiger partial charge in [0, 0.05) is 56.1 Å². The Balaban J connectivity index is 1.05.